The molecule has 4 saturated carbocycles. The van der Waals surface area contributed by atoms with Crippen LogP contribution in [0, 0.1) is 17.3 Å². The lowest BCUT2D eigenvalue weighted by Gasteiger charge is -2.75. The van der Waals surface area contributed by atoms with Crippen LogP contribution in [-0.4, -0.2) is 65.1 Å². The molecule has 1 aromatic rings. The topological polar surface area (TPSA) is 92.8 Å². The van der Waals surface area contributed by atoms with Gasteiger partial charge in [0.15, 0.2) is 0 Å². The smallest absolute Gasteiger partial charge is 0.252 e. The van der Waals surface area contributed by atoms with Gasteiger partial charge in [-0.05, 0) is 64.0 Å². The van der Waals surface area contributed by atoms with Gasteiger partial charge in [0.1, 0.15) is 5.75 Å². The van der Waals surface area contributed by atoms with E-state index in [1.807, 2.05) is 13.8 Å². The number of carbonyl (C=O) groups excluding carboxylic acids is 1. The molecule has 7 rings (SSSR count). The normalized spacial score (nSPS) is 42.7. The average molecular weight is 470 g/mol. The monoisotopic (exact) mass is 469 g/mol. The molecule has 1 saturated heterocycles. The van der Waals surface area contributed by atoms with Gasteiger partial charge in [0.25, 0.3) is 5.91 Å². The van der Waals surface area contributed by atoms with Gasteiger partial charge in [-0.25, -0.2) is 0 Å². The number of hydrogen-bond acceptors (Lipinski definition) is 4. The third-order valence-corrected chi connectivity index (χ3v) is 11.2. The number of methoxy groups -OCH3 is 1. The maximum atomic E-state index is 12.2. The lowest BCUT2D eigenvalue weighted by Crippen LogP contribution is -2.80. The highest BCUT2D eigenvalue weighted by Crippen LogP contribution is 2.75. The second kappa shape index (κ2) is 6.77. The molecule has 6 aliphatic rings. The van der Waals surface area contributed by atoms with Crippen LogP contribution in [0.2, 0.25) is 0 Å². The van der Waals surface area contributed by atoms with Gasteiger partial charge in [-0.15, -0.1) is 0 Å². The van der Waals surface area contributed by atoms with Gasteiger partial charge in [-0.1, -0.05) is 6.07 Å². The quantitative estimate of drug-likeness (QED) is 0.577. The molecule has 5 fully saturated rings. The highest BCUT2D eigenvalue weighted by atomic mass is 16.5. The molecule has 6 heteroatoms. The first kappa shape index (κ1) is 22.8. The van der Waals surface area contributed by atoms with E-state index in [2.05, 4.69) is 13.1 Å². The van der Waals surface area contributed by atoms with E-state index in [1.54, 1.807) is 13.2 Å². The lowest BCUT2D eigenvalue weighted by molar-refractivity contribution is -0.952. The van der Waals surface area contributed by atoms with Crippen LogP contribution >= 0.6 is 0 Å². The van der Waals surface area contributed by atoms with Crippen molar-refractivity contribution in [3.8, 4) is 5.75 Å². The number of likely N-dealkylation sites (N-methyl/N-ethyl adjacent to an activating group) is 1. The van der Waals surface area contributed by atoms with E-state index in [-0.39, 0.29) is 28.1 Å². The standard InChI is InChI=1S/C28H40N2O4/c1-25(2,33)20-14-26-9-10-28(20,34-4)16-27(26)11-12-30(3,15-17-5-6-17)21(26)13-18-7-8-19(24(29)32)23(31)22(18)27/h7-8,17,20-21,33H,5-6,9-16H2,1-4H3,(H2-,29,31,32)/p+1/t20-,21-,26-,27-,28+,30-/m1/s1. The number of ether oxygens (including phenoxy) is 1. The molecule has 1 spiro atoms. The second-order valence-corrected chi connectivity index (χ2v) is 13.3. The molecular weight excluding hydrogens is 428 g/mol. The Morgan fingerprint density at radius 2 is 2.00 bits per heavy atom. The molecule has 0 aromatic heterocycles. The Kier molecular flexibility index (Phi) is 4.54. The number of aromatic hydroxyl groups is 1. The van der Waals surface area contributed by atoms with Gasteiger partial charge in [-0.2, -0.15) is 0 Å². The Hall–Kier alpha value is -1.63. The van der Waals surface area contributed by atoms with Crippen LogP contribution < -0.4 is 5.73 Å². The van der Waals surface area contributed by atoms with Crippen molar-refractivity contribution in [2.24, 2.45) is 23.0 Å². The van der Waals surface area contributed by atoms with E-state index >= 15 is 0 Å². The van der Waals surface area contributed by atoms with Crippen LogP contribution in [0.25, 0.3) is 0 Å². The number of amides is 1. The molecule has 4 bridgehead atoms. The first-order chi connectivity index (χ1) is 15.9. The number of aliphatic hydroxyl groups is 1. The van der Waals surface area contributed by atoms with Crippen molar-refractivity contribution in [1.82, 2.24) is 0 Å². The van der Waals surface area contributed by atoms with E-state index in [0.717, 1.165) is 61.0 Å². The van der Waals surface area contributed by atoms with E-state index in [1.165, 1.54) is 24.9 Å². The van der Waals surface area contributed by atoms with Gasteiger partial charge in [-0.3, -0.25) is 4.79 Å². The number of hydrogen-bond donors (Lipinski definition) is 3. The summed E-state index contributed by atoms with van der Waals surface area (Å²) in [6, 6.07) is 4.21. The number of rotatable bonds is 5. The van der Waals surface area contributed by atoms with Crippen LogP contribution in [0.5, 0.6) is 5.75 Å². The summed E-state index contributed by atoms with van der Waals surface area (Å²) in [6.07, 6.45) is 8.22. The number of carbonyl (C=O) groups is 1. The summed E-state index contributed by atoms with van der Waals surface area (Å²) < 4.78 is 7.44. The zero-order valence-corrected chi connectivity index (χ0v) is 21.2. The summed E-state index contributed by atoms with van der Waals surface area (Å²) in [5.41, 5.74) is 6.47. The number of likely N-dealkylation sites (tertiary alicyclic amines) is 1. The highest BCUT2D eigenvalue weighted by molar-refractivity contribution is 5.96. The highest BCUT2D eigenvalue weighted by Gasteiger charge is 2.77. The van der Waals surface area contributed by atoms with Gasteiger partial charge in [0.05, 0.1) is 42.9 Å². The first-order valence-corrected chi connectivity index (χ1v) is 13.2. The summed E-state index contributed by atoms with van der Waals surface area (Å²) in [7, 11) is 4.26. The predicted octanol–water partition coefficient (Wildman–Crippen LogP) is 3.26. The summed E-state index contributed by atoms with van der Waals surface area (Å²) >= 11 is 0. The van der Waals surface area contributed by atoms with Crippen molar-refractivity contribution in [3.63, 3.8) is 0 Å². The van der Waals surface area contributed by atoms with Crippen LogP contribution in [0.3, 0.4) is 0 Å². The van der Waals surface area contributed by atoms with Gasteiger partial charge >= 0.3 is 0 Å². The van der Waals surface area contributed by atoms with E-state index in [4.69, 9.17) is 10.5 Å². The zero-order chi connectivity index (χ0) is 24.3. The largest absolute Gasteiger partial charge is 0.507 e. The molecule has 186 valence electrons. The van der Waals surface area contributed by atoms with Crippen molar-refractivity contribution in [2.45, 2.75) is 87.9 Å². The van der Waals surface area contributed by atoms with E-state index in [9.17, 15) is 15.0 Å². The molecule has 6 nitrogen and oxygen atoms in total. The molecule has 1 heterocycles. The average Bonchev–Trinajstić information content (AvgIpc) is 3.58. The fourth-order valence-corrected chi connectivity index (χ4v) is 9.69. The first-order valence-electron chi connectivity index (χ1n) is 13.2. The number of fused-ring (bicyclic) bond motifs is 3. The van der Waals surface area contributed by atoms with E-state index in [0.29, 0.717) is 6.04 Å². The molecule has 1 amide bonds. The molecule has 0 radical (unpaired) electrons. The third-order valence-electron chi connectivity index (χ3n) is 11.2. The Morgan fingerprint density at radius 3 is 2.62 bits per heavy atom. The van der Waals surface area contributed by atoms with Gasteiger partial charge < -0.3 is 25.2 Å². The number of benzene rings is 1. The molecular formula is C28H41N2O4+. The fourth-order valence-electron chi connectivity index (χ4n) is 9.69. The molecule has 6 atom stereocenters. The lowest BCUT2D eigenvalue weighted by atomic mass is 9.34. The Bertz CT molecular complexity index is 1060. The molecule has 1 aliphatic heterocycles. The number of quaternary nitrogens is 1. The third kappa shape index (κ3) is 2.71. The van der Waals surface area contributed by atoms with Gasteiger partial charge in [0, 0.05) is 48.2 Å². The number of nitrogens with two attached hydrogens (primary N) is 1. The minimum Gasteiger partial charge on any atom is -0.507 e. The Labute approximate surface area is 203 Å². The summed E-state index contributed by atoms with van der Waals surface area (Å²) in [6.45, 7) is 6.19. The SMILES string of the molecule is CO[C@]12CC[C@@]3(C[C@@H]1C(C)(C)O)[C@H]1Cc4ccc(C(N)=O)c(O)c4[C@@]3(CC[N@+]1(C)CC1CC1)C2. The van der Waals surface area contributed by atoms with Crippen molar-refractivity contribution < 1.29 is 24.2 Å². The minimum atomic E-state index is -0.851. The number of nitrogens with zero attached hydrogens (tertiary/aromatic N) is 1. The number of phenols is 1. The van der Waals surface area contributed by atoms with Crippen molar-refractivity contribution >= 4 is 5.91 Å². The molecule has 34 heavy (non-hydrogen) atoms. The minimum absolute atomic E-state index is 0.0323. The molecule has 5 aliphatic carbocycles. The van der Waals surface area contributed by atoms with Crippen LogP contribution in [0.4, 0.5) is 0 Å². The van der Waals surface area contributed by atoms with Crippen LogP contribution in [-0.2, 0) is 16.6 Å². The predicted molar refractivity (Wildman–Crippen MR) is 129 cm³/mol. The van der Waals surface area contributed by atoms with Crippen molar-refractivity contribution in [2.75, 3.05) is 27.2 Å². The maximum absolute atomic E-state index is 12.2. The van der Waals surface area contributed by atoms with Crippen LogP contribution in [0.15, 0.2) is 12.1 Å². The molecule has 0 unspecified atom stereocenters. The molecule has 4 N–H and O–H groups in total. The van der Waals surface area contributed by atoms with E-state index < -0.39 is 17.1 Å². The van der Waals surface area contributed by atoms with Gasteiger partial charge in [0.2, 0.25) is 0 Å². The van der Waals surface area contributed by atoms with Crippen LogP contribution in [0.1, 0.15) is 80.3 Å². The summed E-state index contributed by atoms with van der Waals surface area (Å²) in [5, 5.41) is 22.9. The van der Waals surface area contributed by atoms with Crippen molar-refractivity contribution in [1.29, 1.82) is 0 Å². The number of primary amides is 1. The Balaban J connectivity index is 1.60. The molecule has 1 aromatic carbocycles. The second-order valence-electron chi connectivity index (χ2n) is 13.3. The van der Waals surface area contributed by atoms with Crippen molar-refractivity contribution in [3.05, 3.63) is 28.8 Å². The zero-order valence-electron chi connectivity index (χ0n) is 21.2. The maximum Gasteiger partial charge on any atom is 0.252 e. The number of piperidine rings is 1. The fraction of sp³-hybridized carbons (Fsp3) is 0.750. The Morgan fingerprint density at radius 1 is 1.26 bits per heavy atom. The summed E-state index contributed by atoms with van der Waals surface area (Å²) in [5.74, 6) is 0.385. The summed E-state index contributed by atoms with van der Waals surface area (Å²) in [4.78, 5) is 12.2.